The fraction of sp³-hybridized carbons (Fsp3) is 0.400. The smallest absolute Gasteiger partial charge is 0.269 e. The average Bonchev–Trinajstić information content (AvgIpc) is 2.25. The summed E-state index contributed by atoms with van der Waals surface area (Å²) in [5, 5.41) is 2.80. The number of nitrogens with one attached hydrogen (secondary N) is 1. The topological polar surface area (TPSA) is 68.0 Å². The number of carbonyl (C=O) groups is 1. The molecular formula is C10H15N3OS. The number of hydrogen-bond donors (Lipinski definition) is 2. The third kappa shape index (κ3) is 4.20. The van der Waals surface area contributed by atoms with Crippen molar-refractivity contribution in [2.75, 3.05) is 24.3 Å². The number of aromatic nitrogens is 1. The number of nitrogens with two attached hydrogens (primary N) is 1. The van der Waals surface area contributed by atoms with Crippen LogP contribution >= 0.6 is 11.8 Å². The summed E-state index contributed by atoms with van der Waals surface area (Å²) < 4.78 is 0. The van der Waals surface area contributed by atoms with Gasteiger partial charge in [-0.3, -0.25) is 4.79 Å². The quantitative estimate of drug-likeness (QED) is 0.738. The van der Waals surface area contributed by atoms with Crippen LogP contribution in [0, 0.1) is 0 Å². The summed E-state index contributed by atoms with van der Waals surface area (Å²) in [5.74, 6) is 0.909. The van der Waals surface area contributed by atoms with Crippen LogP contribution in [0.2, 0.25) is 0 Å². The van der Waals surface area contributed by atoms with Crippen molar-refractivity contribution in [1.82, 2.24) is 10.3 Å². The molecule has 1 amide bonds. The predicted octanol–water partition coefficient (Wildman–Crippen LogP) is 1.15. The molecule has 0 radical (unpaired) electrons. The monoisotopic (exact) mass is 225 g/mol. The van der Waals surface area contributed by atoms with Gasteiger partial charge in [0.15, 0.2) is 0 Å². The molecule has 3 N–H and O–H groups in total. The minimum atomic E-state index is -0.142. The summed E-state index contributed by atoms with van der Waals surface area (Å²) in [6.07, 6.45) is 4.50. The first-order valence-electron chi connectivity index (χ1n) is 4.72. The van der Waals surface area contributed by atoms with Crippen LogP contribution in [0.15, 0.2) is 18.3 Å². The molecule has 1 heterocycles. The van der Waals surface area contributed by atoms with Gasteiger partial charge in [-0.05, 0) is 30.6 Å². The van der Waals surface area contributed by atoms with Gasteiger partial charge in [0.2, 0.25) is 0 Å². The van der Waals surface area contributed by atoms with Crippen LogP contribution in [0.25, 0.3) is 0 Å². The Kier molecular flexibility index (Phi) is 4.97. The van der Waals surface area contributed by atoms with Crippen molar-refractivity contribution in [3.8, 4) is 0 Å². The van der Waals surface area contributed by atoms with E-state index in [1.807, 2.05) is 6.26 Å². The van der Waals surface area contributed by atoms with Gasteiger partial charge in [-0.15, -0.1) is 0 Å². The van der Waals surface area contributed by atoms with E-state index in [0.29, 0.717) is 17.9 Å². The molecule has 1 aromatic rings. The van der Waals surface area contributed by atoms with Gasteiger partial charge in [0, 0.05) is 6.54 Å². The number of pyridine rings is 1. The van der Waals surface area contributed by atoms with Gasteiger partial charge in [-0.25, -0.2) is 4.98 Å². The molecule has 0 saturated heterocycles. The standard InChI is InChI=1S/C10H15N3OS/c1-15-6-2-5-12-10(14)9-4-3-8(11)7-13-9/h3-4,7H,2,5-6,11H2,1H3,(H,12,14). The fourth-order valence-electron chi connectivity index (χ4n) is 1.05. The largest absolute Gasteiger partial charge is 0.397 e. The van der Waals surface area contributed by atoms with E-state index in [-0.39, 0.29) is 5.91 Å². The number of nitrogens with zero attached hydrogens (tertiary/aromatic N) is 1. The Labute approximate surface area is 93.7 Å². The summed E-state index contributed by atoms with van der Waals surface area (Å²) >= 11 is 1.77. The highest BCUT2D eigenvalue weighted by Gasteiger charge is 2.04. The number of rotatable bonds is 5. The summed E-state index contributed by atoms with van der Waals surface area (Å²) in [4.78, 5) is 15.4. The number of hydrogen-bond acceptors (Lipinski definition) is 4. The summed E-state index contributed by atoms with van der Waals surface area (Å²) in [6.45, 7) is 0.686. The Morgan fingerprint density at radius 3 is 3.00 bits per heavy atom. The van der Waals surface area contributed by atoms with Gasteiger partial charge in [0.25, 0.3) is 5.91 Å². The summed E-state index contributed by atoms with van der Waals surface area (Å²) in [7, 11) is 0. The minimum Gasteiger partial charge on any atom is -0.397 e. The molecule has 1 rings (SSSR count). The summed E-state index contributed by atoms with van der Waals surface area (Å²) in [5.41, 5.74) is 6.44. The summed E-state index contributed by atoms with van der Waals surface area (Å²) in [6, 6.07) is 3.29. The van der Waals surface area contributed by atoms with Crippen LogP contribution in [-0.4, -0.2) is 29.4 Å². The van der Waals surface area contributed by atoms with Crippen molar-refractivity contribution in [2.45, 2.75) is 6.42 Å². The van der Waals surface area contributed by atoms with Gasteiger partial charge >= 0.3 is 0 Å². The maximum absolute atomic E-state index is 11.5. The lowest BCUT2D eigenvalue weighted by atomic mass is 10.3. The molecule has 0 aliphatic rings. The molecule has 1 aromatic heterocycles. The van der Waals surface area contributed by atoms with Crippen LogP contribution in [0.4, 0.5) is 5.69 Å². The number of nitrogen functional groups attached to an aromatic ring is 1. The molecule has 15 heavy (non-hydrogen) atoms. The second kappa shape index (κ2) is 6.29. The Morgan fingerprint density at radius 1 is 1.60 bits per heavy atom. The Balaban J connectivity index is 2.37. The Morgan fingerprint density at radius 2 is 2.40 bits per heavy atom. The van der Waals surface area contributed by atoms with Crippen molar-refractivity contribution in [3.63, 3.8) is 0 Å². The van der Waals surface area contributed by atoms with E-state index in [1.54, 1.807) is 23.9 Å². The van der Waals surface area contributed by atoms with Crippen molar-refractivity contribution in [3.05, 3.63) is 24.0 Å². The lowest BCUT2D eigenvalue weighted by molar-refractivity contribution is 0.0949. The van der Waals surface area contributed by atoms with E-state index in [2.05, 4.69) is 10.3 Å². The van der Waals surface area contributed by atoms with Gasteiger partial charge in [-0.2, -0.15) is 11.8 Å². The molecule has 0 spiro atoms. The van der Waals surface area contributed by atoms with Gasteiger partial charge in [0.1, 0.15) is 5.69 Å². The Bertz CT molecular complexity index is 313. The van der Waals surface area contributed by atoms with Crippen LogP contribution in [0.5, 0.6) is 0 Å². The fourth-order valence-corrected chi connectivity index (χ4v) is 1.48. The first kappa shape index (κ1) is 11.8. The molecule has 0 saturated carbocycles. The lowest BCUT2D eigenvalue weighted by Gasteiger charge is -2.03. The van der Waals surface area contributed by atoms with Gasteiger partial charge in [-0.1, -0.05) is 0 Å². The number of anilines is 1. The third-order valence-electron chi connectivity index (χ3n) is 1.83. The van der Waals surface area contributed by atoms with Crippen LogP contribution in [-0.2, 0) is 0 Å². The highest BCUT2D eigenvalue weighted by Crippen LogP contribution is 2.01. The highest BCUT2D eigenvalue weighted by atomic mass is 32.2. The molecule has 4 nitrogen and oxygen atoms in total. The molecule has 82 valence electrons. The van der Waals surface area contributed by atoms with Crippen LogP contribution < -0.4 is 11.1 Å². The average molecular weight is 225 g/mol. The number of amides is 1. The van der Waals surface area contributed by atoms with E-state index in [9.17, 15) is 4.79 Å². The highest BCUT2D eigenvalue weighted by molar-refractivity contribution is 7.98. The molecule has 0 bridgehead atoms. The zero-order valence-corrected chi connectivity index (χ0v) is 9.51. The first-order chi connectivity index (χ1) is 7.24. The normalized spacial score (nSPS) is 9.93. The number of thioether (sulfide) groups is 1. The van der Waals surface area contributed by atoms with Crippen LogP contribution in [0.1, 0.15) is 16.9 Å². The minimum absolute atomic E-state index is 0.142. The van der Waals surface area contributed by atoms with Crippen molar-refractivity contribution >= 4 is 23.4 Å². The zero-order valence-electron chi connectivity index (χ0n) is 8.69. The molecule has 0 fully saturated rings. The molecule has 0 aliphatic heterocycles. The first-order valence-corrected chi connectivity index (χ1v) is 6.12. The van der Waals surface area contributed by atoms with Crippen molar-refractivity contribution in [2.24, 2.45) is 0 Å². The molecular weight excluding hydrogens is 210 g/mol. The van der Waals surface area contributed by atoms with Gasteiger partial charge < -0.3 is 11.1 Å². The SMILES string of the molecule is CSCCCNC(=O)c1ccc(N)cn1. The molecule has 5 heteroatoms. The third-order valence-corrected chi connectivity index (χ3v) is 2.53. The Hall–Kier alpha value is -1.23. The van der Waals surface area contributed by atoms with E-state index in [4.69, 9.17) is 5.73 Å². The predicted molar refractivity (Wildman–Crippen MR) is 64.0 cm³/mol. The van der Waals surface area contributed by atoms with E-state index in [0.717, 1.165) is 12.2 Å². The molecule has 0 aromatic carbocycles. The maximum atomic E-state index is 11.5. The van der Waals surface area contributed by atoms with E-state index < -0.39 is 0 Å². The van der Waals surface area contributed by atoms with Crippen molar-refractivity contribution in [1.29, 1.82) is 0 Å². The molecule has 0 unspecified atom stereocenters. The van der Waals surface area contributed by atoms with Gasteiger partial charge in [0.05, 0.1) is 11.9 Å². The van der Waals surface area contributed by atoms with Crippen LogP contribution in [0.3, 0.4) is 0 Å². The number of carbonyl (C=O) groups excluding carboxylic acids is 1. The molecule has 0 atom stereocenters. The zero-order chi connectivity index (χ0) is 11.1. The second-order valence-electron chi connectivity index (χ2n) is 3.08. The lowest BCUT2D eigenvalue weighted by Crippen LogP contribution is -2.25. The van der Waals surface area contributed by atoms with E-state index in [1.165, 1.54) is 6.20 Å². The second-order valence-corrected chi connectivity index (χ2v) is 4.06. The maximum Gasteiger partial charge on any atom is 0.269 e. The molecule has 0 aliphatic carbocycles. The van der Waals surface area contributed by atoms with Crippen molar-refractivity contribution < 1.29 is 4.79 Å². The van der Waals surface area contributed by atoms with E-state index >= 15 is 0 Å².